The zero-order chi connectivity index (χ0) is 22.6. The monoisotopic (exact) mass is 444 g/mol. The number of sulfonamides is 1. The summed E-state index contributed by atoms with van der Waals surface area (Å²) in [6, 6.07) is 16.0. The second-order valence-corrected chi connectivity index (χ2v) is 8.44. The van der Waals surface area contributed by atoms with Gasteiger partial charge in [-0.1, -0.05) is 12.1 Å². The minimum atomic E-state index is -3.89. The molecule has 3 aromatic rings. The summed E-state index contributed by atoms with van der Waals surface area (Å²) in [4.78, 5) is 12.4. The van der Waals surface area contributed by atoms with Crippen LogP contribution in [0.15, 0.2) is 71.6 Å². The summed E-state index contributed by atoms with van der Waals surface area (Å²) < 4.78 is 51.1. The van der Waals surface area contributed by atoms with Gasteiger partial charge in [0, 0.05) is 18.7 Å². The van der Waals surface area contributed by atoms with Gasteiger partial charge < -0.3 is 14.8 Å². The Kier molecular flexibility index (Phi) is 6.45. The maximum absolute atomic E-state index is 13.7. The number of halogens is 1. The lowest BCUT2D eigenvalue weighted by Gasteiger charge is -2.20. The first kappa shape index (κ1) is 22.1. The SMILES string of the molecule is COc1ccc(S(=O)(=O)N(C)c2ccc(C(=O)Nc3ccccc3F)cc2)cc1OC. The number of para-hydroxylation sites is 1. The van der Waals surface area contributed by atoms with Crippen molar-refractivity contribution in [1.29, 1.82) is 0 Å². The van der Waals surface area contributed by atoms with Gasteiger partial charge in [0.05, 0.1) is 30.5 Å². The Balaban J connectivity index is 1.81. The predicted octanol–water partition coefficient (Wildman–Crippen LogP) is 3.92. The lowest BCUT2D eigenvalue weighted by atomic mass is 10.2. The smallest absolute Gasteiger partial charge is 0.264 e. The fourth-order valence-corrected chi connectivity index (χ4v) is 4.07. The number of methoxy groups -OCH3 is 2. The van der Waals surface area contributed by atoms with Crippen LogP contribution in [-0.2, 0) is 10.0 Å². The average molecular weight is 444 g/mol. The van der Waals surface area contributed by atoms with Crippen molar-refractivity contribution in [3.63, 3.8) is 0 Å². The molecular formula is C22H21FN2O5S. The number of hydrogen-bond donors (Lipinski definition) is 1. The predicted molar refractivity (Wildman–Crippen MR) is 116 cm³/mol. The van der Waals surface area contributed by atoms with E-state index in [0.29, 0.717) is 11.4 Å². The fourth-order valence-electron chi connectivity index (χ4n) is 2.85. The van der Waals surface area contributed by atoms with E-state index in [0.717, 1.165) is 4.31 Å². The van der Waals surface area contributed by atoms with Gasteiger partial charge in [0.2, 0.25) is 0 Å². The third-order valence-corrected chi connectivity index (χ3v) is 6.41. The Morgan fingerprint density at radius 2 is 1.58 bits per heavy atom. The molecule has 0 aliphatic rings. The molecule has 0 bridgehead atoms. The van der Waals surface area contributed by atoms with Gasteiger partial charge in [-0.15, -0.1) is 0 Å². The molecule has 3 rings (SSSR count). The van der Waals surface area contributed by atoms with Crippen molar-refractivity contribution in [3.05, 3.63) is 78.1 Å². The van der Waals surface area contributed by atoms with E-state index in [-0.39, 0.29) is 21.9 Å². The Labute approximate surface area is 180 Å². The van der Waals surface area contributed by atoms with Gasteiger partial charge in [-0.05, 0) is 48.5 Å². The lowest BCUT2D eigenvalue weighted by Crippen LogP contribution is -2.26. The number of amides is 1. The molecule has 0 atom stereocenters. The quantitative estimate of drug-likeness (QED) is 0.597. The standard InChI is InChI=1S/C22H21FN2O5S/c1-25(31(27,28)17-12-13-20(29-2)21(14-17)30-3)16-10-8-15(9-11-16)22(26)24-19-7-5-4-6-18(19)23/h4-14H,1-3H3,(H,24,26). The summed E-state index contributed by atoms with van der Waals surface area (Å²) in [6.07, 6.45) is 0. The minimum Gasteiger partial charge on any atom is -0.493 e. The molecule has 162 valence electrons. The topological polar surface area (TPSA) is 84.9 Å². The summed E-state index contributed by atoms with van der Waals surface area (Å²) in [5.74, 6) is -0.360. The molecule has 9 heteroatoms. The fraction of sp³-hybridized carbons (Fsp3) is 0.136. The molecule has 0 radical (unpaired) electrons. The summed E-state index contributed by atoms with van der Waals surface area (Å²) in [6.45, 7) is 0. The average Bonchev–Trinajstić information content (AvgIpc) is 2.79. The van der Waals surface area contributed by atoms with Gasteiger partial charge in [-0.2, -0.15) is 0 Å². The van der Waals surface area contributed by atoms with Gasteiger partial charge in [0.15, 0.2) is 11.5 Å². The van der Waals surface area contributed by atoms with Crippen molar-refractivity contribution < 1.29 is 27.1 Å². The first-order chi connectivity index (χ1) is 14.8. The molecule has 0 unspecified atom stereocenters. The molecule has 7 nitrogen and oxygen atoms in total. The van der Waals surface area contributed by atoms with Crippen LogP contribution in [0.5, 0.6) is 11.5 Å². The summed E-state index contributed by atoms with van der Waals surface area (Å²) >= 11 is 0. The third kappa shape index (κ3) is 4.61. The number of carbonyl (C=O) groups excluding carboxylic acids is 1. The van der Waals surface area contributed by atoms with Crippen molar-refractivity contribution in [3.8, 4) is 11.5 Å². The highest BCUT2D eigenvalue weighted by Gasteiger charge is 2.23. The maximum Gasteiger partial charge on any atom is 0.264 e. The summed E-state index contributed by atoms with van der Waals surface area (Å²) in [7, 11) is 0.394. The number of hydrogen-bond acceptors (Lipinski definition) is 5. The van der Waals surface area contributed by atoms with E-state index >= 15 is 0 Å². The number of carbonyl (C=O) groups is 1. The van der Waals surface area contributed by atoms with E-state index in [4.69, 9.17) is 9.47 Å². The van der Waals surface area contributed by atoms with Crippen LogP contribution in [-0.4, -0.2) is 35.6 Å². The molecule has 1 N–H and O–H groups in total. The Morgan fingerprint density at radius 1 is 0.935 bits per heavy atom. The van der Waals surface area contributed by atoms with Crippen molar-refractivity contribution >= 4 is 27.3 Å². The molecular weight excluding hydrogens is 423 g/mol. The van der Waals surface area contributed by atoms with Gasteiger partial charge in [-0.25, -0.2) is 12.8 Å². The summed E-state index contributed by atoms with van der Waals surface area (Å²) in [5, 5.41) is 2.48. The van der Waals surface area contributed by atoms with Crippen LogP contribution in [0.2, 0.25) is 0 Å². The molecule has 1 amide bonds. The van der Waals surface area contributed by atoms with E-state index in [1.807, 2.05) is 0 Å². The second-order valence-electron chi connectivity index (χ2n) is 6.47. The van der Waals surface area contributed by atoms with Crippen molar-refractivity contribution in [2.75, 3.05) is 30.9 Å². The van der Waals surface area contributed by atoms with Gasteiger partial charge in [0.1, 0.15) is 5.82 Å². The lowest BCUT2D eigenvalue weighted by molar-refractivity contribution is 0.102. The molecule has 0 spiro atoms. The second kappa shape index (κ2) is 9.05. The highest BCUT2D eigenvalue weighted by atomic mass is 32.2. The van der Waals surface area contributed by atoms with Crippen molar-refractivity contribution in [2.45, 2.75) is 4.90 Å². The van der Waals surface area contributed by atoms with Crippen LogP contribution >= 0.6 is 0 Å². The number of rotatable bonds is 7. The minimum absolute atomic E-state index is 0.0222. The first-order valence-electron chi connectivity index (χ1n) is 9.15. The highest BCUT2D eigenvalue weighted by molar-refractivity contribution is 7.92. The molecule has 3 aromatic carbocycles. The van der Waals surface area contributed by atoms with Crippen LogP contribution in [0.4, 0.5) is 15.8 Å². The third-order valence-electron chi connectivity index (χ3n) is 4.63. The Hall–Kier alpha value is -3.59. The van der Waals surface area contributed by atoms with E-state index < -0.39 is 21.7 Å². The molecule has 0 aliphatic carbocycles. The highest BCUT2D eigenvalue weighted by Crippen LogP contribution is 2.31. The van der Waals surface area contributed by atoms with Crippen LogP contribution in [0.1, 0.15) is 10.4 Å². The van der Waals surface area contributed by atoms with Gasteiger partial charge in [-0.3, -0.25) is 9.10 Å². The van der Waals surface area contributed by atoms with Crippen LogP contribution < -0.4 is 19.1 Å². The number of ether oxygens (including phenoxy) is 2. The van der Waals surface area contributed by atoms with Crippen LogP contribution in [0, 0.1) is 5.82 Å². The molecule has 0 saturated carbocycles. The van der Waals surface area contributed by atoms with E-state index in [9.17, 15) is 17.6 Å². The molecule has 0 saturated heterocycles. The number of benzene rings is 3. The Bertz CT molecular complexity index is 1200. The molecule has 0 aliphatic heterocycles. The van der Waals surface area contributed by atoms with Gasteiger partial charge in [0.25, 0.3) is 15.9 Å². The van der Waals surface area contributed by atoms with Crippen LogP contribution in [0.3, 0.4) is 0 Å². The normalized spacial score (nSPS) is 11.0. The number of nitrogens with one attached hydrogen (secondary N) is 1. The van der Waals surface area contributed by atoms with E-state index in [1.165, 1.54) is 81.9 Å². The van der Waals surface area contributed by atoms with E-state index in [2.05, 4.69) is 5.32 Å². The van der Waals surface area contributed by atoms with Crippen molar-refractivity contribution in [1.82, 2.24) is 0 Å². The van der Waals surface area contributed by atoms with E-state index in [1.54, 1.807) is 6.07 Å². The summed E-state index contributed by atoms with van der Waals surface area (Å²) in [5.41, 5.74) is 0.658. The van der Waals surface area contributed by atoms with Gasteiger partial charge >= 0.3 is 0 Å². The number of nitrogens with zero attached hydrogens (tertiary/aromatic N) is 1. The Morgan fingerprint density at radius 3 is 2.19 bits per heavy atom. The zero-order valence-electron chi connectivity index (χ0n) is 17.1. The van der Waals surface area contributed by atoms with Crippen molar-refractivity contribution in [2.24, 2.45) is 0 Å². The molecule has 0 aromatic heterocycles. The zero-order valence-corrected chi connectivity index (χ0v) is 17.9. The largest absolute Gasteiger partial charge is 0.493 e. The molecule has 0 heterocycles. The molecule has 0 fully saturated rings. The first-order valence-corrected chi connectivity index (χ1v) is 10.6. The maximum atomic E-state index is 13.7. The molecule has 31 heavy (non-hydrogen) atoms. The number of anilines is 2. The van der Waals surface area contributed by atoms with Crippen LogP contribution in [0.25, 0.3) is 0 Å².